The molecule has 2 atom stereocenters. The normalized spacial score (nSPS) is 17.7. The van der Waals surface area contributed by atoms with Gasteiger partial charge in [-0.2, -0.15) is 0 Å². The van der Waals surface area contributed by atoms with Crippen molar-refractivity contribution in [2.45, 2.75) is 64.8 Å². The molecule has 2 saturated carbocycles. The Morgan fingerprint density at radius 3 is 1.84 bits per heavy atom. The van der Waals surface area contributed by atoms with Crippen molar-refractivity contribution < 1.29 is 28.2 Å². The Morgan fingerprint density at radius 1 is 0.731 bits per heavy atom. The largest absolute Gasteiger partial charge is 0.497 e. The van der Waals surface area contributed by atoms with Gasteiger partial charge in [0.05, 0.1) is 34.1 Å². The summed E-state index contributed by atoms with van der Waals surface area (Å²) >= 11 is 0. The van der Waals surface area contributed by atoms with Crippen molar-refractivity contribution >= 4 is 47.0 Å². The Bertz CT molecular complexity index is 2780. The number of carbonyl (C=O) groups excluding carboxylic acids is 1. The smallest absolute Gasteiger partial charge is 0.261 e. The zero-order chi connectivity index (χ0) is 46.9. The highest BCUT2D eigenvalue weighted by atomic mass is 28.4. The number of aryl methyl sites for hydroxylation is 1. The van der Waals surface area contributed by atoms with E-state index in [4.69, 9.17) is 33.3 Å². The van der Waals surface area contributed by atoms with Gasteiger partial charge >= 0.3 is 0 Å². The number of nitrogens with one attached hydrogen (secondary N) is 1. The van der Waals surface area contributed by atoms with Crippen LogP contribution >= 0.6 is 0 Å². The summed E-state index contributed by atoms with van der Waals surface area (Å²) in [6, 6.07) is 39.2. The molecule has 0 bridgehead atoms. The van der Waals surface area contributed by atoms with Crippen LogP contribution in [-0.4, -0.2) is 63.7 Å². The third-order valence-electron chi connectivity index (χ3n) is 13.7. The van der Waals surface area contributed by atoms with Crippen LogP contribution in [0.3, 0.4) is 0 Å². The first kappa shape index (κ1) is 45.4. The predicted octanol–water partition coefficient (Wildman–Crippen LogP) is 9.78. The summed E-state index contributed by atoms with van der Waals surface area (Å²) in [6.07, 6.45) is 7.23. The summed E-state index contributed by atoms with van der Waals surface area (Å²) in [5, 5.41) is 7.35. The number of benzene rings is 4. The van der Waals surface area contributed by atoms with Gasteiger partial charge in [-0.3, -0.25) is 9.78 Å². The summed E-state index contributed by atoms with van der Waals surface area (Å²) in [7, 11) is 3.88. The summed E-state index contributed by atoms with van der Waals surface area (Å²) in [4.78, 5) is 31.1. The van der Waals surface area contributed by atoms with Gasteiger partial charge in [0.2, 0.25) is 5.91 Å². The Morgan fingerprint density at radius 2 is 1.31 bits per heavy atom. The van der Waals surface area contributed by atoms with Crippen LogP contribution in [0.1, 0.15) is 50.3 Å². The molecule has 2 aliphatic carbocycles. The molecule has 67 heavy (non-hydrogen) atoms. The molecule has 1 N–H and O–H groups in total. The first-order valence-corrected chi connectivity index (χ1v) is 24.8. The van der Waals surface area contributed by atoms with Gasteiger partial charge in [-0.1, -0.05) is 81.4 Å². The van der Waals surface area contributed by atoms with Crippen molar-refractivity contribution in [3.05, 3.63) is 151 Å². The van der Waals surface area contributed by atoms with Gasteiger partial charge in [0.1, 0.15) is 34.6 Å². The maximum Gasteiger partial charge on any atom is 0.261 e. The van der Waals surface area contributed by atoms with Crippen LogP contribution in [0.5, 0.6) is 23.0 Å². The van der Waals surface area contributed by atoms with Crippen molar-refractivity contribution in [1.82, 2.24) is 15.0 Å². The van der Waals surface area contributed by atoms with E-state index in [1.807, 2.05) is 60.9 Å². The monoisotopic (exact) mass is 913 g/mol. The molecule has 1 amide bonds. The Labute approximate surface area is 394 Å². The number of ether oxygens (including phenoxy) is 4. The summed E-state index contributed by atoms with van der Waals surface area (Å²) in [6.45, 7) is 9.84. The number of hydrogen-bond acceptors (Lipinski definition) is 10. The van der Waals surface area contributed by atoms with E-state index in [1.165, 1.54) is 10.4 Å². The molecule has 0 radical (unpaired) electrons. The summed E-state index contributed by atoms with van der Waals surface area (Å²) in [5.74, 6) is 4.38. The van der Waals surface area contributed by atoms with Crippen molar-refractivity contribution in [3.63, 3.8) is 0 Å². The first-order valence-electron chi connectivity index (χ1n) is 22.9. The summed E-state index contributed by atoms with van der Waals surface area (Å²) in [5.41, 5.74) is 4.54. The SMILES string of the molecule is COc1ccc(CN(Cc2ccc(OC)cc2OC)c2nc(-c3cnccc3C)cc3cc(NC(=O)C4C5CC(O[Si](c6ccccc6)(c6ccccc6)C(C)(C)C)CC54)ncc23)c(OC)c1. The highest BCUT2D eigenvalue weighted by molar-refractivity contribution is 6.99. The van der Waals surface area contributed by atoms with Crippen molar-refractivity contribution in [2.24, 2.45) is 17.8 Å². The third-order valence-corrected chi connectivity index (χ3v) is 18.8. The number of methoxy groups -OCH3 is 4. The minimum Gasteiger partial charge on any atom is -0.497 e. The van der Waals surface area contributed by atoms with E-state index in [9.17, 15) is 4.79 Å². The molecular formula is C55H59N5O6Si. The molecule has 9 rings (SSSR count). The van der Waals surface area contributed by atoms with E-state index in [-0.39, 0.29) is 34.8 Å². The fourth-order valence-corrected chi connectivity index (χ4v) is 15.0. The summed E-state index contributed by atoms with van der Waals surface area (Å²) < 4.78 is 30.4. The lowest BCUT2D eigenvalue weighted by molar-refractivity contribution is -0.118. The lowest BCUT2D eigenvalue weighted by Crippen LogP contribution is -2.67. The van der Waals surface area contributed by atoms with Crippen LogP contribution in [0.4, 0.5) is 11.6 Å². The van der Waals surface area contributed by atoms with Gasteiger partial charge < -0.3 is 33.6 Å². The van der Waals surface area contributed by atoms with Crippen molar-refractivity contribution in [1.29, 1.82) is 0 Å². The second kappa shape index (κ2) is 18.9. The van der Waals surface area contributed by atoms with Gasteiger partial charge in [-0.15, -0.1) is 0 Å². The average molecular weight is 914 g/mol. The number of hydrogen-bond donors (Lipinski definition) is 1. The Kier molecular flexibility index (Phi) is 12.8. The van der Waals surface area contributed by atoms with Gasteiger partial charge in [0.15, 0.2) is 0 Å². The topological polar surface area (TPSA) is 117 Å². The molecule has 0 spiro atoms. The van der Waals surface area contributed by atoms with E-state index in [1.54, 1.807) is 34.6 Å². The minimum absolute atomic E-state index is 0.00295. The molecule has 11 nitrogen and oxygen atoms in total. The van der Waals surface area contributed by atoms with Crippen LogP contribution in [0.2, 0.25) is 5.04 Å². The molecule has 3 aromatic heterocycles. The highest BCUT2D eigenvalue weighted by Gasteiger charge is 2.62. The lowest BCUT2D eigenvalue weighted by Gasteiger charge is -2.45. The maximum absolute atomic E-state index is 14.2. The second-order valence-corrected chi connectivity index (χ2v) is 23.0. The number of nitrogens with zero attached hydrogens (tertiary/aromatic N) is 4. The molecule has 0 aliphatic heterocycles. The maximum atomic E-state index is 14.2. The number of pyridine rings is 3. The van der Waals surface area contributed by atoms with E-state index in [0.29, 0.717) is 47.7 Å². The fraction of sp³-hybridized carbons (Fsp3) is 0.309. The predicted molar refractivity (Wildman–Crippen MR) is 267 cm³/mol. The molecule has 4 aromatic carbocycles. The van der Waals surface area contributed by atoms with E-state index in [0.717, 1.165) is 51.6 Å². The Balaban J connectivity index is 1.02. The number of rotatable bonds is 16. The van der Waals surface area contributed by atoms with Crippen LogP contribution in [-0.2, 0) is 22.3 Å². The Hall–Kier alpha value is -6.76. The molecule has 2 unspecified atom stereocenters. The lowest BCUT2D eigenvalue weighted by atomic mass is 10.0. The fourth-order valence-electron chi connectivity index (χ4n) is 10.3. The van der Waals surface area contributed by atoms with Crippen molar-refractivity contribution in [2.75, 3.05) is 38.7 Å². The highest BCUT2D eigenvalue weighted by Crippen LogP contribution is 2.59. The number of amides is 1. The van der Waals surface area contributed by atoms with E-state index in [2.05, 4.69) is 110 Å². The molecule has 12 heteroatoms. The molecule has 2 fully saturated rings. The standard InChI is InChI=1S/C55H59N5O6Si/c1-35-23-24-56-31-46(35)48-25-38-26-51(59-54(61)52-44-27-41(28-45(44)52)66-67(55(2,3)4,42-15-11-9-12-16-42)43-17-13-10-14-18-43)57-32-47(38)53(58-48)60(33-36-19-21-39(62-5)29-49(36)64-7)34-37-20-22-40(63-6)30-50(37)65-8/h9-26,29-32,41,44-45,52H,27-28,33-34H2,1-8H3,(H,57,59,61). The number of aromatic nitrogens is 3. The van der Waals surface area contributed by atoms with Crippen molar-refractivity contribution in [3.8, 4) is 34.3 Å². The molecule has 7 aromatic rings. The van der Waals surface area contributed by atoms with Crippen LogP contribution in [0, 0.1) is 24.7 Å². The van der Waals surface area contributed by atoms with E-state index < -0.39 is 8.32 Å². The van der Waals surface area contributed by atoms with Crippen LogP contribution in [0.15, 0.2) is 134 Å². The van der Waals surface area contributed by atoms with Gasteiger partial charge in [-0.05, 0) is 100 Å². The first-order chi connectivity index (χ1) is 32.4. The molecular weight excluding hydrogens is 855 g/mol. The zero-order valence-electron chi connectivity index (χ0n) is 39.6. The van der Waals surface area contributed by atoms with Gasteiger partial charge in [0.25, 0.3) is 8.32 Å². The van der Waals surface area contributed by atoms with Gasteiger partial charge in [0, 0.05) is 77.9 Å². The third kappa shape index (κ3) is 8.95. The minimum atomic E-state index is -2.71. The second-order valence-electron chi connectivity index (χ2n) is 18.7. The molecule has 344 valence electrons. The van der Waals surface area contributed by atoms with Crippen LogP contribution < -0.4 is 39.5 Å². The number of fused-ring (bicyclic) bond motifs is 2. The number of carbonyl (C=O) groups is 1. The quantitative estimate of drug-likeness (QED) is 0.0940. The number of anilines is 2. The van der Waals surface area contributed by atoms with Crippen LogP contribution in [0.25, 0.3) is 22.0 Å². The molecule has 3 heterocycles. The molecule has 2 aliphatic rings. The van der Waals surface area contributed by atoms with Gasteiger partial charge in [-0.25, -0.2) is 9.97 Å². The van der Waals surface area contributed by atoms with E-state index >= 15 is 0 Å². The zero-order valence-corrected chi connectivity index (χ0v) is 40.6. The average Bonchev–Trinajstić information content (AvgIpc) is 3.86. The molecule has 0 saturated heterocycles.